The van der Waals surface area contributed by atoms with E-state index in [2.05, 4.69) is 32.2 Å². The highest BCUT2D eigenvalue weighted by atomic mass is 16.2. The van der Waals surface area contributed by atoms with E-state index in [0.717, 1.165) is 32.0 Å². The number of amides is 1. The van der Waals surface area contributed by atoms with Crippen molar-refractivity contribution in [1.29, 1.82) is 0 Å². The molecule has 27 heavy (non-hydrogen) atoms. The molecule has 4 rings (SSSR count). The second-order valence-electron chi connectivity index (χ2n) is 6.90. The molecule has 0 aliphatic carbocycles. The Hall–Kier alpha value is -3.07. The van der Waals surface area contributed by atoms with E-state index in [4.69, 9.17) is 0 Å². The van der Waals surface area contributed by atoms with Crippen LogP contribution in [0.15, 0.2) is 30.5 Å². The first-order chi connectivity index (χ1) is 13.0. The molecule has 9 nitrogen and oxygen atoms in total. The van der Waals surface area contributed by atoms with Crippen molar-refractivity contribution in [2.75, 3.05) is 52.2 Å². The van der Waals surface area contributed by atoms with Crippen LogP contribution in [0, 0.1) is 0 Å². The van der Waals surface area contributed by atoms with E-state index in [0.29, 0.717) is 22.7 Å². The van der Waals surface area contributed by atoms with E-state index >= 15 is 0 Å². The Morgan fingerprint density at radius 3 is 2.59 bits per heavy atom. The topological polar surface area (TPSA) is 82.8 Å². The van der Waals surface area contributed by atoms with Crippen LogP contribution in [0.1, 0.15) is 10.4 Å². The van der Waals surface area contributed by atoms with Crippen LogP contribution in [0.25, 0.3) is 17.2 Å². The maximum Gasteiger partial charge on any atom is 0.254 e. The zero-order valence-electron chi connectivity index (χ0n) is 15.7. The molecule has 9 heteroatoms. The number of anilines is 1. The SMILES string of the molecule is CN1CCN(C(=O)c2ccnc(-c3nnc4ccc(N(C)C)nn34)c2)CC1. The highest BCUT2D eigenvalue weighted by molar-refractivity contribution is 5.95. The van der Waals surface area contributed by atoms with Crippen LogP contribution in [0.4, 0.5) is 5.82 Å². The molecule has 4 heterocycles. The predicted molar refractivity (Wildman–Crippen MR) is 102 cm³/mol. The van der Waals surface area contributed by atoms with Crippen LogP contribution < -0.4 is 4.90 Å². The number of fused-ring (bicyclic) bond motifs is 1. The minimum absolute atomic E-state index is 0.0162. The number of rotatable bonds is 3. The summed E-state index contributed by atoms with van der Waals surface area (Å²) in [5.41, 5.74) is 1.81. The number of pyridine rings is 1. The van der Waals surface area contributed by atoms with Crippen LogP contribution in [0.5, 0.6) is 0 Å². The minimum atomic E-state index is 0.0162. The predicted octanol–water partition coefficient (Wildman–Crippen LogP) is 0.640. The van der Waals surface area contributed by atoms with Gasteiger partial charge in [0, 0.05) is 52.0 Å². The number of hydrogen-bond acceptors (Lipinski definition) is 7. The molecule has 0 aromatic carbocycles. The van der Waals surface area contributed by atoms with Gasteiger partial charge in [-0.15, -0.1) is 15.3 Å². The highest BCUT2D eigenvalue weighted by Gasteiger charge is 2.21. The van der Waals surface area contributed by atoms with Gasteiger partial charge < -0.3 is 14.7 Å². The molecule has 3 aromatic heterocycles. The molecule has 0 spiro atoms. The van der Waals surface area contributed by atoms with Gasteiger partial charge in [0.05, 0.1) is 0 Å². The van der Waals surface area contributed by atoms with E-state index in [1.807, 2.05) is 36.0 Å². The van der Waals surface area contributed by atoms with Gasteiger partial charge in [0.15, 0.2) is 5.65 Å². The number of likely N-dealkylation sites (N-methyl/N-ethyl adjacent to an activating group) is 1. The van der Waals surface area contributed by atoms with Crippen molar-refractivity contribution in [3.05, 3.63) is 36.0 Å². The lowest BCUT2D eigenvalue weighted by Crippen LogP contribution is -2.47. The quantitative estimate of drug-likeness (QED) is 0.673. The first-order valence-electron chi connectivity index (χ1n) is 8.87. The van der Waals surface area contributed by atoms with Gasteiger partial charge in [-0.3, -0.25) is 9.78 Å². The smallest absolute Gasteiger partial charge is 0.254 e. The highest BCUT2D eigenvalue weighted by Crippen LogP contribution is 2.19. The number of nitrogens with zero attached hydrogens (tertiary/aromatic N) is 8. The van der Waals surface area contributed by atoms with E-state index in [1.54, 1.807) is 22.8 Å². The van der Waals surface area contributed by atoms with Crippen molar-refractivity contribution in [3.8, 4) is 11.5 Å². The zero-order valence-corrected chi connectivity index (χ0v) is 15.7. The van der Waals surface area contributed by atoms with Gasteiger partial charge in [-0.05, 0) is 31.3 Å². The van der Waals surface area contributed by atoms with Gasteiger partial charge >= 0.3 is 0 Å². The van der Waals surface area contributed by atoms with Crippen molar-refractivity contribution in [2.45, 2.75) is 0 Å². The van der Waals surface area contributed by atoms with Crippen LogP contribution in [0.2, 0.25) is 0 Å². The average Bonchev–Trinajstić information content (AvgIpc) is 3.11. The molecule has 0 bridgehead atoms. The summed E-state index contributed by atoms with van der Waals surface area (Å²) in [4.78, 5) is 23.2. The fourth-order valence-electron chi connectivity index (χ4n) is 3.06. The molecule has 140 valence electrons. The van der Waals surface area contributed by atoms with E-state index < -0.39 is 0 Å². The van der Waals surface area contributed by atoms with Crippen LogP contribution in [-0.4, -0.2) is 87.8 Å². The fraction of sp³-hybridized carbons (Fsp3) is 0.389. The molecule has 1 fully saturated rings. The van der Waals surface area contributed by atoms with Gasteiger partial charge in [-0.1, -0.05) is 0 Å². The van der Waals surface area contributed by atoms with Crippen LogP contribution in [-0.2, 0) is 0 Å². The summed E-state index contributed by atoms with van der Waals surface area (Å²) < 4.78 is 1.65. The van der Waals surface area contributed by atoms with Crippen molar-refractivity contribution >= 4 is 17.4 Å². The molecular formula is C18H22N8O. The Labute approximate surface area is 157 Å². The first-order valence-corrected chi connectivity index (χ1v) is 8.87. The maximum absolute atomic E-state index is 12.8. The zero-order chi connectivity index (χ0) is 19.0. The minimum Gasteiger partial charge on any atom is -0.361 e. The molecule has 1 aliphatic heterocycles. The first kappa shape index (κ1) is 17.3. The Morgan fingerprint density at radius 1 is 1.07 bits per heavy atom. The Kier molecular flexibility index (Phi) is 4.44. The average molecular weight is 366 g/mol. The third-order valence-electron chi connectivity index (χ3n) is 4.73. The molecule has 1 aliphatic rings. The number of aromatic nitrogens is 5. The lowest BCUT2D eigenvalue weighted by Gasteiger charge is -2.32. The fourth-order valence-corrected chi connectivity index (χ4v) is 3.06. The van der Waals surface area contributed by atoms with Gasteiger partial charge in [0.25, 0.3) is 5.91 Å². The maximum atomic E-state index is 12.8. The lowest BCUT2D eigenvalue weighted by atomic mass is 10.2. The van der Waals surface area contributed by atoms with Gasteiger partial charge in [0.2, 0.25) is 5.82 Å². The molecule has 3 aromatic rings. The van der Waals surface area contributed by atoms with E-state index in [9.17, 15) is 4.79 Å². The molecule has 0 N–H and O–H groups in total. The molecule has 1 amide bonds. The molecule has 1 saturated heterocycles. The summed E-state index contributed by atoms with van der Waals surface area (Å²) in [6, 6.07) is 7.25. The number of hydrogen-bond donors (Lipinski definition) is 0. The van der Waals surface area contributed by atoms with Gasteiger partial charge in [-0.25, -0.2) is 0 Å². The largest absolute Gasteiger partial charge is 0.361 e. The Balaban J connectivity index is 1.67. The molecule has 0 unspecified atom stereocenters. The summed E-state index contributed by atoms with van der Waals surface area (Å²) in [6.45, 7) is 3.23. The number of carbonyl (C=O) groups is 1. The van der Waals surface area contributed by atoms with Crippen molar-refractivity contribution in [2.24, 2.45) is 0 Å². The summed E-state index contributed by atoms with van der Waals surface area (Å²) in [5, 5.41) is 12.9. The lowest BCUT2D eigenvalue weighted by molar-refractivity contribution is 0.0664. The van der Waals surface area contributed by atoms with Crippen molar-refractivity contribution in [3.63, 3.8) is 0 Å². The van der Waals surface area contributed by atoms with Crippen molar-refractivity contribution in [1.82, 2.24) is 34.6 Å². The molecular weight excluding hydrogens is 344 g/mol. The summed E-state index contributed by atoms with van der Waals surface area (Å²) in [6.07, 6.45) is 1.63. The third-order valence-corrected chi connectivity index (χ3v) is 4.73. The van der Waals surface area contributed by atoms with Crippen LogP contribution in [0.3, 0.4) is 0 Å². The second-order valence-corrected chi connectivity index (χ2v) is 6.90. The standard InChI is InChI=1S/C18H22N8O/c1-23(2)16-5-4-15-20-21-17(26(15)22-16)14-12-13(6-7-19-14)18(27)25-10-8-24(3)9-11-25/h4-7,12H,8-11H2,1-3H3. The normalized spacial score (nSPS) is 15.3. The molecule has 0 atom stereocenters. The summed E-state index contributed by atoms with van der Waals surface area (Å²) in [7, 11) is 5.91. The van der Waals surface area contributed by atoms with Crippen LogP contribution >= 0.6 is 0 Å². The van der Waals surface area contributed by atoms with E-state index in [1.165, 1.54) is 0 Å². The monoisotopic (exact) mass is 366 g/mol. The van der Waals surface area contributed by atoms with Gasteiger partial charge in [0.1, 0.15) is 11.5 Å². The third kappa shape index (κ3) is 3.33. The Morgan fingerprint density at radius 2 is 1.85 bits per heavy atom. The van der Waals surface area contributed by atoms with Crippen molar-refractivity contribution < 1.29 is 4.79 Å². The molecule has 0 saturated carbocycles. The summed E-state index contributed by atoms with van der Waals surface area (Å²) in [5.74, 6) is 1.32. The Bertz CT molecular complexity index is 974. The number of carbonyl (C=O) groups excluding carboxylic acids is 1. The molecule has 0 radical (unpaired) electrons. The van der Waals surface area contributed by atoms with Gasteiger partial charge in [-0.2, -0.15) is 4.52 Å². The summed E-state index contributed by atoms with van der Waals surface area (Å²) >= 11 is 0. The number of piperazine rings is 1. The van der Waals surface area contributed by atoms with E-state index in [-0.39, 0.29) is 5.91 Å². The second kappa shape index (κ2) is 6.92.